The van der Waals surface area contributed by atoms with Gasteiger partial charge in [-0.25, -0.2) is 0 Å². The third-order valence-electron chi connectivity index (χ3n) is 5.18. The number of halogens is 1. The summed E-state index contributed by atoms with van der Waals surface area (Å²) in [6, 6.07) is 5.60. The van der Waals surface area contributed by atoms with Crippen molar-refractivity contribution >= 4 is 35.6 Å². The summed E-state index contributed by atoms with van der Waals surface area (Å²) < 4.78 is 0. The Hall–Kier alpha value is -1.75. The van der Waals surface area contributed by atoms with E-state index in [1.54, 1.807) is 0 Å². The first kappa shape index (κ1) is 19.6. The molecule has 0 saturated heterocycles. The molecule has 3 rings (SSSR count). The summed E-state index contributed by atoms with van der Waals surface area (Å²) in [5, 5.41) is 3.02. The van der Waals surface area contributed by atoms with E-state index in [-0.39, 0.29) is 36.2 Å². The van der Waals surface area contributed by atoms with Gasteiger partial charge >= 0.3 is 0 Å². The average Bonchev–Trinajstić information content (AvgIpc) is 3.09. The van der Waals surface area contributed by atoms with E-state index in [0.717, 1.165) is 62.0 Å². The van der Waals surface area contributed by atoms with E-state index in [0.29, 0.717) is 6.42 Å². The summed E-state index contributed by atoms with van der Waals surface area (Å²) in [4.78, 5) is 26.7. The number of nitrogens with two attached hydrogens (primary N) is 1. The first-order valence-corrected chi connectivity index (χ1v) is 9.04. The molecule has 1 saturated carbocycles. The number of carbonyl (C=O) groups excluding carboxylic acids is 2. The lowest BCUT2D eigenvalue weighted by Crippen LogP contribution is -2.42. The standard InChI is InChI=1S/C19H27N3O2.ClH/c1-13(21-19(24)14-6-2-3-7-14)12-18(23)22-11-5-8-15-16(20)9-4-10-17(15)22;/h4,9-10,13-14H,2-3,5-8,11-12,20H2,1H3,(H,21,24);1H. The molecule has 2 aliphatic rings. The Balaban J connectivity index is 0.00000225. The van der Waals surface area contributed by atoms with Gasteiger partial charge in [0.25, 0.3) is 0 Å². The highest BCUT2D eigenvalue weighted by Crippen LogP contribution is 2.31. The Kier molecular flexibility index (Phi) is 6.71. The quantitative estimate of drug-likeness (QED) is 0.805. The van der Waals surface area contributed by atoms with Crippen molar-refractivity contribution in [1.29, 1.82) is 0 Å². The van der Waals surface area contributed by atoms with E-state index >= 15 is 0 Å². The maximum atomic E-state index is 12.7. The van der Waals surface area contributed by atoms with Crippen molar-refractivity contribution in [1.82, 2.24) is 5.32 Å². The van der Waals surface area contributed by atoms with E-state index in [9.17, 15) is 9.59 Å². The molecule has 1 unspecified atom stereocenters. The summed E-state index contributed by atoms with van der Waals surface area (Å²) >= 11 is 0. The predicted octanol–water partition coefficient (Wildman–Crippen LogP) is 3.05. The number of hydrogen-bond donors (Lipinski definition) is 2. The van der Waals surface area contributed by atoms with Crippen LogP contribution >= 0.6 is 12.4 Å². The summed E-state index contributed by atoms with van der Waals surface area (Å²) in [7, 11) is 0. The van der Waals surface area contributed by atoms with Crippen LogP contribution in [-0.4, -0.2) is 24.4 Å². The molecule has 6 heteroatoms. The van der Waals surface area contributed by atoms with Crippen molar-refractivity contribution in [2.24, 2.45) is 5.92 Å². The second-order valence-electron chi connectivity index (χ2n) is 7.09. The van der Waals surface area contributed by atoms with Crippen molar-refractivity contribution in [3.63, 3.8) is 0 Å². The van der Waals surface area contributed by atoms with Gasteiger partial charge in [-0.15, -0.1) is 12.4 Å². The van der Waals surface area contributed by atoms with Crippen LogP contribution in [0.1, 0.15) is 51.0 Å². The van der Waals surface area contributed by atoms with Gasteiger partial charge in [0.2, 0.25) is 11.8 Å². The number of anilines is 2. The summed E-state index contributed by atoms with van der Waals surface area (Å²) in [6.07, 6.45) is 6.40. The second-order valence-corrected chi connectivity index (χ2v) is 7.09. The molecule has 5 nitrogen and oxygen atoms in total. The highest BCUT2D eigenvalue weighted by Gasteiger charge is 2.27. The minimum Gasteiger partial charge on any atom is -0.398 e. The topological polar surface area (TPSA) is 75.4 Å². The SMILES string of the molecule is CC(CC(=O)N1CCCc2c(N)cccc21)NC(=O)C1CCCC1.Cl. The maximum absolute atomic E-state index is 12.7. The van der Waals surface area contributed by atoms with Gasteiger partial charge in [0.05, 0.1) is 0 Å². The van der Waals surface area contributed by atoms with Gasteiger partial charge in [-0.1, -0.05) is 18.9 Å². The van der Waals surface area contributed by atoms with Crippen LogP contribution in [0, 0.1) is 5.92 Å². The molecule has 0 spiro atoms. The zero-order chi connectivity index (χ0) is 17.1. The minimum absolute atomic E-state index is 0. The summed E-state index contributed by atoms with van der Waals surface area (Å²) in [5.74, 6) is 0.301. The fourth-order valence-electron chi connectivity index (χ4n) is 3.88. The number of nitrogens with one attached hydrogen (secondary N) is 1. The smallest absolute Gasteiger partial charge is 0.229 e. The number of nitrogen functional groups attached to an aromatic ring is 1. The average molecular weight is 366 g/mol. The number of nitrogens with zero attached hydrogens (tertiary/aromatic N) is 1. The van der Waals surface area contributed by atoms with Crippen molar-refractivity contribution < 1.29 is 9.59 Å². The van der Waals surface area contributed by atoms with E-state index in [1.807, 2.05) is 30.0 Å². The lowest BCUT2D eigenvalue weighted by Gasteiger charge is -2.31. The van der Waals surface area contributed by atoms with Crippen LogP contribution in [0.4, 0.5) is 11.4 Å². The maximum Gasteiger partial charge on any atom is 0.229 e. The molecule has 1 atom stereocenters. The van der Waals surface area contributed by atoms with Crippen LogP contribution in [0.15, 0.2) is 18.2 Å². The number of hydrogen-bond acceptors (Lipinski definition) is 3. The highest BCUT2D eigenvalue weighted by molar-refractivity contribution is 5.96. The molecule has 1 fully saturated rings. The molecule has 1 aromatic carbocycles. The lowest BCUT2D eigenvalue weighted by molar-refractivity contribution is -0.125. The first-order chi connectivity index (χ1) is 11.6. The van der Waals surface area contributed by atoms with E-state index in [4.69, 9.17) is 5.73 Å². The van der Waals surface area contributed by atoms with E-state index in [1.165, 1.54) is 0 Å². The molecular formula is C19H28ClN3O2. The molecule has 1 aromatic rings. The number of benzene rings is 1. The molecule has 25 heavy (non-hydrogen) atoms. The van der Waals surface area contributed by atoms with Crippen LogP contribution in [0.2, 0.25) is 0 Å². The molecule has 2 amide bonds. The number of rotatable bonds is 4. The van der Waals surface area contributed by atoms with E-state index < -0.39 is 0 Å². The highest BCUT2D eigenvalue weighted by atomic mass is 35.5. The molecule has 0 aromatic heterocycles. The Morgan fingerprint density at radius 1 is 1.28 bits per heavy atom. The largest absolute Gasteiger partial charge is 0.398 e. The number of amides is 2. The summed E-state index contributed by atoms with van der Waals surface area (Å²) in [5.41, 5.74) is 8.80. The molecule has 0 radical (unpaired) electrons. The van der Waals surface area contributed by atoms with Gasteiger partial charge in [-0.2, -0.15) is 0 Å². The van der Waals surface area contributed by atoms with E-state index in [2.05, 4.69) is 5.32 Å². The van der Waals surface area contributed by atoms with Crippen LogP contribution in [0.3, 0.4) is 0 Å². The predicted molar refractivity (Wildman–Crippen MR) is 103 cm³/mol. The molecule has 1 aliphatic heterocycles. The fourth-order valence-corrected chi connectivity index (χ4v) is 3.88. The Morgan fingerprint density at radius 2 is 2.00 bits per heavy atom. The molecule has 1 heterocycles. The fraction of sp³-hybridized carbons (Fsp3) is 0.579. The second kappa shape index (κ2) is 8.56. The molecular weight excluding hydrogens is 338 g/mol. The normalized spacial score (nSPS) is 18.2. The van der Waals surface area contributed by atoms with Crippen molar-refractivity contribution in [2.45, 2.75) is 57.9 Å². The first-order valence-electron chi connectivity index (χ1n) is 9.04. The summed E-state index contributed by atoms with van der Waals surface area (Å²) in [6.45, 7) is 2.63. The Morgan fingerprint density at radius 3 is 2.72 bits per heavy atom. The van der Waals surface area contributed by atoms with Gasteiger partial charge in [0.1, 0.15) is 0 Å². The van der Waals surface area contributed by atoms with Crippen LogP contribution < -0.4 is 16.0 Å². The number of carbonyl (C=O) groups is 2. The van der Waals surface area contributed by atoms with Gasteiger partial charge in [-0.3, -0.25) is 9.59 Å². The zero-order valence-electron chi connectivity index (χ0n) is 14.8. The van der Waals surface area contributed by atoms with Crippen molar-refractivity contribution in [3.8, 4) is 0 Å². The number of fused-ring (bicyclic) bond motifs is 1. The molecule has 0 bridgehead atoms. The van der Waals surface area contributed by atoms with Gasteiger partial charge < -0.3 is 16.0 Å². The zero-order valence-corrected chi connectivity index (χ0v) is 15.6. The van der Waals surface area contributed by atoms with Gasteiger partial charge in [0, 0.05) is 36.3 Å². The van der Waals surface area contributed by atoms with Crippen LogP contribution in [0.25, 0.3) is 0 Å². The Labute approximate surface area is 155 Å². The lowest BCUT2D eigenvalue weighted by atomic mass is 9.99. The third kappa shape index (κ3) is 4.46. The van der Waals surface area contributed by atoms with Gasteiger partial charge in [-0.05, 0) is 50.3 Å². The molecule has 1 aliphatic carbocycles. The van der Waals surface area contributed by atoms with Crippen molar-refractivity contribution in [2.75, 3.05) is 17.2 Å². The molecule has 138 valence electrons. The monoisotopic (exact) mass is 365 g/mol. The van der Waals surface area contributed by atoms with Crippen LogP contribution in [-0.2, 0) is 16.0 Å². The van der Waals surface area contributed by atoms with Crippen molar-refractivity contribution in [3.05, 3.63) is 23.8 Å². The Bertz CT molecular complexity index is 629. The minimum atomic E-state index is -0.142. The van der Waals surface area contributed by atoms with Gasteiger partial charge in [0.15, 0.2) is 0 Å². The molecule has 3 N–H and O–H groups in total. The van der Waals surface area contributed by atoms with Crippen LogP contribution in [0.5, 0.6) is 0 Å². The third-order valence-corrected chi connectivity index (χ3v) is 5.18.